The van der Waals surface area contributed by atoms with Crippen molar-refractivity contribution in [3.63, 3.8) is 0 Å². The molecule has 0 spiro atoms. The number of hydrogen-bond donors (Lipinski definition) is 0. The third kappa shape index (κ3) is 3.62. The second kappa shape index (κ2) is 7.53. The predicted octanol–water partition coefficient (Wildman–Crippen LogP) is 3.38. The summed E-state index contributed by atoms with van der Waals surface area (Å²) in [5.74, 6) is 2.00. The van der Waals surface area contributed by atoms with Crippen molar-refractivity contribution in [3.05, 3.63) is 59.7 Å². The summed E-state index contributed by atoms with van der Waals surface area (Å²) < 4.78 is 10.7. The molecule has 1 aliphatic rings. The van der Waals surface area contributed by atoms with E-state index in [1.807, 2.05) is 48.5 Å². The maximum absolute atomic E-state index is 12.2. The molecule has 1 aliphatic heterocycles. The van der Waals surface area contributed by atoms with Gasteiger partial charge in [0.2, 0.25) is 5.12 Å². The fourth-order valence-electron chi connectivity index (χ4n) is 2.66. The summed E-state index contributed by atoms with van der Waals surface area (Å²) in [6.07, 6.45) is 0.620. The van der Waals surface area contributed by atoms with Gasteiger partial charge in [-0.2, -0.15) is 0 Å². The Balaban J connectivity index is 1.90. The SMILES string of the molecule is COc1ccc(C2=NC(Cc3ccccc3)C(=O)SC2)c(OC)c1. The highest BCUT2D eigenvalue weighted by atomic mass is 32.2. The fraction of sp³-hybridized carbons (Fsp3) is 0.263. The Morgan fingerprint density at radius 2 is 1.92 bits per heavy atom. The Morgan fingerprint density at radius 1 is 1.12 bits per heavy atom. The summed E-state index contributed by atoms with van der Waals surface area (Å²) in [5, 5.41) is 0.120. The summed E-state index contributed by atoms with van der Waals surface area (Å²) in [7, 11) is 3.25. The molecular weight excluding hydrogens is 322 g/mol. The van der Waals surface area contributed by atoms with Crippen molar-refractivity contribution in [2.45, 2.75) is 12.5 Å². The summed E-state index contributed by atoms with van der Waals surface area (Å²) in [5.41, 5.74) is 2.92. The van der Waals surface area contributed by atoms with Gasteiger partial charge in [0, 0.05) is 23.8 Å². The monoisotopic (exact) mass is 341 g/mol. The number of benzene rings is 2. The van der Waals surface area contributed by atoms with Crippen LogP contribution >= 0.6 is 11.8 Å². The van der Waals surface area contributed by atoms with Crippen molar-refractivity contribution in [2.75, 3.05) is 20.0 Å². The van der Waals surface area contributed by atoms with Gasteiger partial charge in [-0.25, -0.2) is 0 Å². The Hall–Kier alpha value is -2.27. The number of aliphatic imine (C=N–C) groups is 1. The smallest absolute Gasteiger partial charge is 0.214 e. The molecule has 2 aromatic rings. The van der Waals surface area contributed by atoms with Crippen LogP contribution in [0.15, 0.2) is 53.5 Å². The molecule has 0 saturated heterocycles. The van der Waals surface area contributed by atoms with Crippen LogP contribution in [-0.4, -0.2) is 36.8 Å². The van der Waals surface area contributed by atoms with E-state index in [-0.39, 0.29) is 11.2 Å². The first-order valence-electron chi connectivity index (χ1n) is 7.71. The molecule has 1 unspecified atom stereocenters. The zero-order valence-electron chi connectivity index (χ0n) is 13.7. The molecule has 5 heteroatoms. The molecule has 0 N–H and O–H groups in total. The first-order valence-corrected chi connectivity index (χ1v) is 8.69. The van der Waals surface area contributed by atoms with Crippen molar-refractivity contribution in [3.8, 4) is 11.5 Å². The van der Waals surface area contributed by atoms with E-state index in [0.29, 0.717) is 17.9 Å². The van der Waals surface area contributed by atoms with Gasteiger partial charge in [0.1, 0.15) is 17.5 Å². The minimum absolute atomic E-state index is 0.120. The van der Waals surface area contributed by atoms with Gasteiger partial charge in [0.25, 0.3) is 0 Å². The molecule has 1 heterocycles. The van der Waals surface area contributed by atoms with E-state index in [9.17, 15) is 4.79 Å². The predicted molar refractivity (Wildman–Crippen MR) is 97.5 cm³/mol. The van der Waals surface area contributed by atoms with E-state index in [2.05, 4.69) is 0 Å². The van der Waals surface area contributed by atoms with E-state index < -0.39 is 0 Å². The van der Waals surface area contributed by atoms with Crippen LogP contribution in [0.2, 0.25) is 0 Å². The standard InChI is InChI=1S/C19H19NO3S/c1-22-14-8-9-15(18(11-14)23-2)17-12-24-19(21)16(20-17)10-13-6-4-3-5-7-13/h3-9,11,16H,10,12H2,1-2H3. The average molecular weight is 341 g/mol. The zero-order valence-corrected chi connectivity index (χ0v) is 14.5. The molecule has 0 aliphatic carbocycles. The highest BCUT2D eigenvalue weighted by molar-refractivity contribution is 8.14. The van der Waals surface area contributed by atoms with Gasteiger partial charge in [-0.05, 0) is 17.7 Å². The molecule has 0 bridgehead atoms. The maximum Gasteiger partial charge on any atom is 0.214 e. The summed E-state index contributed by atoms with van der Waals surface area (Å²) >= 11 is 1.32. The van der Waals surface area contributed by atoms with Crippen LogP contribution in [0.5, 0.6) is 11.5 Å². The number of thioether (sulfide) groups is 1. The van der Waals surface area contributed by atoms with E-state index in [1.165, 1.54) is 11.8 Å². The van der Waals surface area contributed by atoms with Crippen molar-refractivity contribution in [1.29, 1.82) is 0 Å². The Morgan fingerprint density at radius 3 is 2.62 bits per heavy atom. The molecule has 2 aromatic carbocycles. The Kier molecular flexibility index (Phi) is 5.20. The molecule has 0 amide bonds. The van der Waals surface area contributed by atoms with Crippen LogP contribution < -0.4 is 9.47 Å². The lowest BCUT2D eigenvalue weighted by atomic mass is 10.1. The number of carbonyl (C=O) groups is 1. The van der Waals surface area contributed by atoms with Crippen LogP contribution in [0.3, 0.4) is 0 Å². The first kappa shape index (κ1) is 16.6. The van der Waals surface area contributed by atoms with Crippen molar-refractivity contribution < 1.29 is 14.3 Å². The van der Waals surface area contributed by atoms with Crippen LogP contribution in [0.1, 0.15) is 11.1 Å². The molecule has 24 heavy (non-hydrogen) atoms. The summed E-state index contributed by atoms with van der Waals surface area (Å²) in [6, 6.07) is 15.3. The highest BCUT2D eigenvalue weighted by Crippen LogP contribution is 2.29. The van der Waals surface area contributed by atoms with Gasteiger partial charge in [-0.1, -0.05) is 42.1 Å². The van der Waals surface area contributed by atoms with Gasteiger partial charge < -0.3 is 9.47 Å². The average Bonchev–Trinajstić information content (AvgIpc) is 2.64. The maximum atomic E-state index is 12.2. The number of hydrogen-bond acceptors (Lipinski definition) is 5. The number of ether oxygens (including phenoxy) is 2. The third-order valence-electron chi connectivity index (χ3n) is 3.93. The normalized spacial score (nSPS) is 17.3. The number of methoxy groups -OCH3 is 2. The molecule has 3 rings (SSSR count). The van der Waals surface area contributed by atoms with Gasteiger partial charge in [0.05, 0.1) is 19.9 Å². The second-order valence-corrected chi connectivity index (χ2v) is 6.43. The number of rotatable bonds is 5. The van der Waals surface area contributed by atoms with E-state index >= 15 is 0 Å². The summed E-state index contributed by atoms with van der Waals surface area (Å²) in [4.78, 5) is 17.0. The van der Waals surface area contributed by atoms with E-state index in [1.54, 1.807) is 14.2 Å². The Bertz CT molecular complexity index is 758. The zero-order chi connectivity index (χ0) is 16.9. The Labute approximate surface area is 145 Å². The topological polar surface area (TPSA) is 47.9 Å². The molecule has 4 nitrogen and oxygen atoms in total. The number of nitrogens with zero attached hydrogens (tertiary/aromatic N) is 1. The van der Waals surface area contributed by atoms with Crippen LogP contribution in [0.4, 0.5) is 0 Å². The second-order valence-electron chi connectivity index (χ2n) is 5.46. The summed E-state index contributed by atoms with van der Waals surface area (Å²) in [6.45, 7) is 0. The molecule has 0 radical (unpaired) electrons. The highest BCUT2D eigenvalue weighted by Gasteiger charge is 2.26. The molecule has 124 valence electrons. The van der Waals surface area contributed by atoms with Crippen molar-refractivity contribution >= 4 is 22.6 Å². The lowest BCUT2D eigenvalue weighted by molar-refractivity contribution is -0.112. The third-order valence-corrected chi connectivity index (χ3v) is 4.90. The fourth-order valence-corrected chi connectivity index (χ4v) is 3.50. The number of carbonyl (C=O) groups excluding carboxylic acids is 1. The van der Waals surface area contributed by atoms with Gasteiger partial charge >= 0.3 is 0 Å². The van der Waals surface area contributed by atoms with Crippen molar-refractivity contribution in [1.82, 2.24) is 0 Å². The van der Waals surface area contributed by atoms with Gasteiger partial charge in [-0.3, -0.25) is 9.79 Å². The van der Waals surface area contributed by atoms with Gasteiger partial charge in [0.15, 0.2) is 0 Å². The van der Waals surface area contributed by atoms with Crippen molar-refractivity contribution in [2.24, 2.45) is 4.99 Å². The van der Waals surface area contributed by atoms with Crippen LogP contribution in [-0.2, 0) is 11.2 Å². The molecule has 0 fully saturated rings. The van der Waals surface area contributed by atoms with E-state index in [0.717, 1.165) is 22.6 Å². The first-order chi connectivity index (χ1) is 11.7. The minimum Gasteiger partial charge on any atom is -0.497 e. The molecule has 1 atom stereocenters. The van der Waals surface area contributed by atoms with Gasteiger partial charge in [-0.15, -0.1) is 0 Å². The lowest BCUT2D eigenvalue weighted by Crippen LogP contribution is -2.27. The molecular formula is C19H19NO3S. The molecule has 0 aromatic heterocycles. The lowest BCUT2D eigenvalue weighted by Gasteiger charge is -2.20. The quantitative estimate of drug-likeness (QED) is 0.836. The molecule has 0 saturated carbocycles. The largest absolute Gasteiger partial charge is 0.497 e. The van der Waals surface area contributed by atoms with Crippen LogP contribution in [0.25, 0.3) is 0 Å². The minimum atomic E-state index is -0.354. The van der Waals surface area contributed by atoms with Crippen LogP contribution in [0, 0.1) is 0 Å². The van der Waals surface area contributed by atoms with E-state index in [4.69, 9.17) is 14.5 Å².